The molecule has 0 unspecified atom stereocenters. The Bertz CT molecular complexity index is 612. The molecule has 0 aliphatic carbocycles. The highest BCUT2D eigenvalue weighted by Gasteiger charge is 2.15. The predicted octanol–water partition coefficient (Wildman–Crippen LogP) is 1.77. The molecule has 18 heavy (non-hydrogen) atoms. The predicted molar refractivity (Wildman–Crippen MR) is 66.4 cm³/mol. The third-order valence-corrected chi connectivity index (χ3v) is 2.60. The molecular formula is C13H14N2O3. The molecule has 0 aliphatic rings. The van der Waals surface area contributed by atoms with Crippen LogP contribution in [-0.2, 0) is 0 Å². The first kappa shape index (κ1) is 12.2. The number of furan rings is 1. The Morgan fingerprint density at radius 1 is 1.39 bits per heavy atom. The van der Waals surface area contributed by atoms with Crippen molar-refractivity contribution in [2.75, 3.05) is 0 Å². The summed E-state index contributed by atoms with van der Waals surface area (Å²) in [7, 11) is 0. The first-order chi connectivity index (χ1) is 8.58. The number of carbonyl (C=O) groups excluding carboxylic acids is 1. The SMILES string of the molecule is Cc1ccc([C@H](C)NC(=O)c2ccc[nH]c2=O)o1. The van der Waals surface area contributed by atoms with Gasteiger partial charge < -0.3 is 14.7 Å². The van der Waals surface area contributed by atoms with Crippen molar-refractivity contribution in [1.29, 1.82) is 0 Å². The maximum absolute atomic E-state index is 11.9. The van der Waals surface area contributed by atoms with E-state index in [2.05, 4.69) is 10.3 Å². The fraction of sp³-hybridized carbons (Fsp3) is 0.231. The Morgan fingerprint density at radius 2 is 2.17 bits per heavy atom. The largest absolute Gasteiger partial charge is 0.464 e. The Hall–Kier alpha value is -2.30. The van der Waals surface area contributed by atoms with Crippen LogP contribution in [0.1, 0.15) is 34.8 Å². The number of hydrogen-bond acceptors (Lipinski definition) is 3. The Kier molecular flexibility index (Phi) is 3.32. The second-order valence-corrected chi connectivity index (χ2v) is 4.06. The summed E-state index contributed by atoms with van der Waals surface area (Å²) in [5.41, 5.74) is -0.314. The molecule has 0 spiro atoms. The van der Waals surface area contributed by atoms with Crippen LogP contribution in [0.15, 0.2) is 39.7 Å². The van der Waals surface area contributed by atoms with Crippen molar-refractivity contribution in [2.45, 2.75) is 19.9 Å². The highest BCUT2D eigenvalue weighted by atomic mass is 16.3. The Morgan fingerprint density at radius 3 is 2.78 bits per heavy atom. The molecule has 2 N–H and O–H groups in total. The van der Waals surface area contributed by atoms with Crippen LogP contribution in [0.4, 0.5) is 0 Å². The smallest absolute Gasteiger partial charge is 0.260 e. The monoisotopic (exact) mass is 246 g/mol. The van der Waals surface area contributed by atoms with Crippen LogP contribution >= 0.6 is 0 Å². The third-order valence-electron chi connectivity index (χ3n) is 2.60. The quantitative estimate of drug-likeness (QED) is 0.866. The summed E-state index contributed by atoms with van der Waals surface area (Å²) in [6.07, 6.45) is 1.48. The minimum atomic E-state index is -0.418. The number of aromatic amines is 1. The van der Waals surface area contributed by atoms with E-state index < -0.39 is 11.5 Å². The van der Waals surface area contributed by atoms with Crippen LogP contribution in [0.5, 0.6) is 0 Å². The van der Waals surface area contributed by atoms with Crippen LogP contribution in [-0.4, -0.2) is 10.9 Å². The van der Waals surface area contributed by atoms with Crippen molar-refractivity contribution in [3.05, 3.63) is 57.9 Å². The van der Waals surface area contributed by atoms with E-state index in [0.29, 0.717) is 5.76 Å². The molecule has 2 rings (SSSR count). The number of nitrogens with one attached hydrogen (secondary N) is 2. The number of aromatic nitrogens is 1. The van der Waals surface area contributed by atoms with Gasteiger partial charge in [0.05, 0.1) is 6.04 Å². The van der Waals surface area contributed by atoms with Gasteiger partial charge in [-0.2, -0.15) is 0 Å². The second-order valence-electron chi connectivity index (χ2n) is 4.06. The molecule has 5 heteroatoms. The van der Waals surface area contributed by atoms with Crippen LogP contribution in [0, 0.1) is 6.92 Å². The molecule has 2 heterocycles. The Balaban J connectivity index is 2.13. The van der Waals surface area contributed by atoms with Crippen LogP contribution in [0.3, 0.4) is 0 Å². The van der Waals surface area contributed by atoms with E-state index in [1.165, 1.54) is 12.3 Å². The zero-order chi connectivity index (χ0) is 13.1. The lowest BCUT2D eigenvalue weighted by molar-refractivity contribution is 0.0933. The molecule has 0 radical (unpaired) electrons. The maximum Gasteiger partial charge on any atom is 0.260 e. The number of H-pyrrole nitrogens is 1. The average Bonchev–Trinajstić information content (AvgIpc) is 2.76. The van der Waals surface area contributed by atoms with Gasteiger partial charge in [-0.25, -0.2) is 0 Å². The van der Waals surface area contributed by atoms with Gasteiger partial charge in [0.1, 0.15) is 17.1 Å². The van der Waals surface area contributed by atoms with E-state index in [1.54, 1.807) is 19.1 Å². The maximum atomic E-state index is 11.9. The van der Waals surface area contributed by atoms with E-state index in [1.807, 2.05) is 13.0 Å². The number of rotatable bonds is 3. The topological polar surface area (TPSA) is 75.1 Å². The van der Waals surface area contributed by atoms with E-state index >= 15 is 0 Å². The van der Waals surface area contributed by atoms with Gasteiger partial charge in [0.15, 0.2) is 0 Å². The normalized spacial score (nSPS) is 12.1. The minimum absolute atomic E-state index is 0.0904. The second kappa shape index (κ2) is 4.91. The molecule has 0 aromatic carbocycles. The highest BCUT2D eigenvalue weighted by molar-refractivity contribution is 5.93. The van der Waals surface area contributed by atoms with Gasteiger partial charge in [-0.1, -0.05) is 0 Å². The van der Waals surface area contributed by atoms with Crippen molar-refractivity contribution < 1.29 is 9.21 Å². The number of hydrogen-bond donors (Lipinski definition) is 2. The molecule has 0 bridgehead atoms. The van der Waals surface area contributed by atoms with Gasteiger partial charge in [-0.15, -0.1) is 0 Å². The van der Waals surface area contributed by atoms with Gasteiger partial charge in [0, 0.05) is 6.20 Å². The fourth-order valence-electron chi connectivity index (χ4n) is 1.63. The van der Waals surface area contributed by atoms with E-state index in [4.69, 9.17) is 4.42 Å². The lowest BCUT2D eigenvalue weighted by Crippen LogP contribution is -2.31. The fourth-order valence-corrected chi connectivity index (χ4v) is 1.63. The summed E-state index contributed by atoms with van der Waals surface area (Å²) < 4.78 is 5.41. The van der Waals surface area contributed by atoms with E-state index in [0.717, 1.165) is 5.76 Å². The van der Waals surface area contributed by atoms with Gasteiger partial charge >= 0.3 is 0 Å². The van der Waals surface area contributed by atoms with Crippen LogP contribution in [0.2, 0.25) is 0 Å². The molecular weight excluding hydrogens is 232 g/mol. The third kappa shape index (κ3) is 2.51. The number of aryl methyl sites for hydroxylation is 1. The molecule has 2 aromatic heterocycles. The molecule has 0 saturated heterocycles. The summed E-state index contributed by atoms with van der Waals surface area (Å²) in [6, 6.07) is 6.43. The lowest BCUT2D eigenvalue weighted by atomic mass is 10.2. The molecule has 5 nitrogen and oxygen atoms in total. The molecule has 0 fully saturated rings. The summed E-state index contributed by atoms with van der Waals surface area (Å²) in [5.74, 6) is 1.02. The zero-order valence-corrected chi connectivity index (χ0v) is 10.2. The van der Waals surface area contributed by atoms with Crippen LogP contribution in [0.25, 0.3) is 0 Å². The molecule has 1 amide bonds. The summed E-state index contributed by atoms with van der Waals surface area (Å²) in [6.45, 7) is 3.63. The molecule has 2 aromatic rings. The van der Waals surface area contributed by atoms with E-state index in [-0.39, 0.29) is 11.6 Å². The van der Waals surface area contributed by atoms with Crippen molar-refractivity contribution in [1.82, 2.24) is 10.3 Å². The summed E-state index contributed by atoms with van der Waals surface area (Å²) in [4.78, 5) is 25.8. The van der Waals surface area contributed by atoms with Crippen molar-refractivity contribution in [2.24, 2.45) is 0 Å². The van der Waals surface area contributed by atoms with Crippen molar-refractivity contribution in [3.63, 3.8) is 0 Å². The molecule has 0 aliphatic heterocycles. The summed E-state index contributed by atoms with van der Waals surface area (Å²) >= 11 is 0. The molecule has 94 valence electrons. The molecule has 1 atom stereocenters. The Labute approximate surface area is 104 Å². The highest BCUT2D eigenvalue weighted by Crippen LogP contribution is 2.15. The first-order valence-corrected chi connectivity index (χ1v) is 5.63. The van der Waals surface area contributed by atoms with E-state index in [9.17, 15) is 9.59 Å². The lowest BCUT2D eigenvalue weighted by Gasteiger charge is -2.10. The zero-order valence-electron chi connectivity index (χ0n) is 10.2. The number of carbonyl (C=O) groups is 1. The van der Waals surface area contributed by atoms with Gasteiger partial charge in [0.2, 0.25) is 0 Å². The standard InChI is InChI=1S/C13H14N2O3/c1-8-5-6-11(18-8)9(2)15-13(17)10-4-3-7-14-12(10)16/h3-7,9H,1-2H3,(H,14,16)(H,15,17)/t9-/m0/s1. The van der Waals surface area contributed by atoms with Gasteiger partial charge in [-0.3, -0.25) is 9.59 Å². The van der Waals surface area contributed by atoms with Crippen molar-refractivity contribution in [3.8, 4) is 0 Å². The first-order valence-electron chi connectivity index (χ1n) is 5.63. The molecule has 0 saturated carbocycles. The number of amides is 1. The minimum Gasteiger partial charge on any atom is -0.464 e. The summed E-state index contributed by atoms with van der Waals surface area (Å²) in [5, 5.41) is 2.71. The number of pyridine rings is 1. The average molecular weight is 246 g/mol. The van der Waals surface area contributed by atoms with Crippen LogP contribution < -0.4 is 10.9 Å². The van der Waals surface area contributed by atoms with Crippen molar-refractivity contribution >= 4 is 5.91 Å². The van der Waals surface area contributed by atoms with Gasteiger partial charge in [0.25, 0.3) is 11.5 Å². The van der Waals surface area contributed by atoms with Gasteiger partial charge in [-0.05, 0) is 38.1 Å².